The Morgan fingerprint density at radius 3 is 3.12 bits per heavy atom. The molecule has 0 aliphatic carbocycles. The van der Waals surface area contributed by atoms with Gasteiger partial charge in [-0.1, -0.05) is 24.3 Å². The Bertz CT molecular complexity index is 393. The van der Waals surface area contributed by atoms with Gasteiger partial charge in [0.05, 0.1) is 19.3 Å². The summed E-state index contributed by atoms with van der Waals surface area (Å²) in [7, 11) is 1.64. The van der Waals surface area contributed by atoms with Gasteiger partial charge in [-0.15, -0.1) is 0 Å². The molecule has 0 radical (unpaired) electrons. The van der Waals surface area contributed by atoms with Gasteiger partial charge in [-0.3, -0.25) is 4.79 Å². The third-order valence-corrected chi connectivity index (χ3v) is 2.99. The fourth-order valence-electron chi connectivity index (χ4n) is 2.05. The van der Waals surface area contributed by atoms with Gasteiger partial charge in [0.15, 0.2) is 0 Å². The van der Waals surface area contributed by atoms with E-state index in [0.717, 1.165) is 13.0 Å². The van der Waals surface area contributed by atoms with Gasteiger partial charge in [0.25, 0.3) is 0 Å². The van der Waals surface area contributed by atoms with Gasteiger partial charge in [-0.25, -0.2) is 0 Å². The molecular formula is C13H18N2O2. The number of ether oxygens (including phenoxy) is 1. The number of likely N-dealkylation sites (N-methyl/N-ethyl adjacent to an activating group) is 1. The van der Waals surface area contributed by atoms with Crippen LogP contribution in [0.1, 0.15) is 17.2 Å². The maximum Gasteiger partial charge on any atom is 0.233 e. The van der Waals surface area contributed by atoms with E-state index in [2.05, 4.69) is 28.8 Å². The standard InChI is InChI=1S/C13H18N2O2/c1-14-13(16)9-15-8-12-11-5-3-2-4-10(11)6-7-17-12/h2-5,12,15H,6-9H2,1H3,(H,14,16). The minimum atomic E-state index is -0.00547. The van der Waals surface area contributed by atoms with Crippen LogP contribution in [-0.4, -0.2) is 32.7 Å². The molecule has 1 unspecified atom stereocenters. The Kier molecular flexibility index (Phi) is 4.12. The molecule has 1 heterocycles. The number of hydrogen-bond donors (Lipinski definition) is 2. The molecule has 92 valence electrons. The number of nitrogens with one attached hydrogen (secondary N) is 2. The molecule has 1 aliphatic heterocycles. The lowest BCUT2D eigenvalue weighted by molar-refractivity contribution is -0.119. The first-order valence-electron chi connectivity index (χ1n) is 5.92. The van der Waals surface area contributed by atoms with Gasteiger partial charge in [0.1, 0.15) is 0 Å². The van der Waals surface area contributed by atoms with Crippen molar-refractivity contribution in [2.24, 2.45) is 0 Å². The Balaban J connectivity index is 1.92. The van der Waals surface area contributed by atoms with Gasteiger partial charge >= 0.3 is 0 Å². The van der Waals surface area contributed by atoms with Crippen LogP contribution in [0.3, 0.4) is 0 Å². The molecule has 4 heteroatoms. The van der Waals surface area contributed by atoms with Crippen LogP contribution in [0.25, 0.3) is 0 Å². The van der Waals surface area contributed by atoms with E-state index in [9.17, 15) is 4.79 Å². The monoisotopic (exact) mass is 234 g/mol. The second-order valence-electron chi connectivity index (χ2n) is 4.11. The number of carbonyl (C=O) groups excluding carboxylic acids is 1. The first-order chi connectivity index (χ1) is 8.31. The lowest BCUT2D eigenvalue weighted by Gasteiger charge is -2.26. The van der Waals surface area contributed by atoms with Crippen LogP contribution in [-0.2, 0) is 16.0 Å². The predicted octanol–water partition coefficient (Wildman–Crippen LogP) is 0.636. The van der Waals surface area contributed by atoms with Crippen LogP contribution in [0, 0.1) is 0 Å². The van der Waals surface area contributed by atoms with Gasteiger partial charge in [0.2, 0.25) is 5.91 Å². The van der Waals surface area contributed by atoms with Crippen molar-refractivity contribution in [2.45, 2.75) is 12.5 Å². The molecule has 1 atom stereocenters. The van der Waals surface area contributed by atoms with E-state index in [1.807, 2.05) is 6.07 Å². The Labute approximate surface area is 101 Å². The maximum atomic E-state index is 11.1. The molecule has 0 aromatic heterocycles. The van der Waals surface area contributed by atoms with Crippen LogP contribution in [0.15, 0.2) is 24.3 Å². The number of hydrogen-bond acceptors (Lipinski definition) is 3. The van der Waals surface area contributed by atoms with Crippen molar-refractivity contribution in [3.05, 3.63) is 35.4 Å². The smallest absolute Gasteiger partial charge is 0.233 e. The summed E-state index contributed by atoms with van der Waals surface area (Å²) in [6, 6.07) is 8.32. The topological polar surface area (TPSA) is 50.4 Å². The minimum Gasteiger partial charge on any atom is -0.372 e. The summed E-state index contributed by atoms with van der Waals surface area (Å²) in [6.07, 6.45) is 1.03. The van der Waals surface area contributed by atoms with E-state index < -0.39 is 0 Å². The molecule has 2 rings (SSSR count). The fraction of sp³-hybridized carbons (Fsp3) is 0.462. The fourth-order valence-corrected chi connectivity index (χ4v) is 2.05. The summed E-state index contributed by atoms with van der Waals surface area (Å²) in [6.45, 7) is 1.76. The van der Waals surface area contributed by atoms with Crippen molar-refractivity contribution in [1.29, 1.82) is 0 Å². The van der Waals surface area contributed by atoms with E-state index >= 15 is 0 Å². The van der Waals surface area contributed by atoms with E-state index in [1.54, 1.807) is 7.05 Å². The number of benzene rings is 1. The van der Waals surface area contributed by atoms with Crippen molar-refractivity contribution in [1.82, 2.24) is 10.6 Å². The number of fused-ring (bicyclic) bond motifs is 1. The number of rotatable bonds is 4. The summed E-state index contributed by atoms with van der Waals surface area (Å²) >= 11 is 0. The van der Waals surface area contributed by atoms with E-state index in [1.165, 1.54) is 11.1 Å². The van der Waals surface area contributed by atoms with Gasteiger partial charge in [-0.05, 0) is 17.5 Å². The average Bonchev–Trinajstić information content (AvgIpc) is 2.39. The molecule has 0 fully saturated rings. The van der Waals surface area contributed by atoms with Crippen molar-refractivity contribution in [3.63, 3.8) is 0 Å². The molecule has 1 aliphatic rings. The zero-order valence-corrected chi connectivity index (χ0v) is 10.0. The van der Waals surface area contributed by atoms with Gasteiger partial charge in [0, 0.05) is 13.6 Å². The van der Waals surface area contributed by atoms with Crippen LogP contribution < -0.4 is 10.6 Å². The van der Waals surface area contributed by atoms with E-state index in [4.69, 9.17) is 4.74 Å². The molecule has 17 heavy (non-hydrogen) atoms. The van der Waals surface area contributed by atoms with Crippen LogP contribution in [0.2, 0.25) is 0 Å². The van der Waals surface area contributed by atoms with Gasteiger partial charge in [-0.2, -0.15) is 0 Å². The summed E-state index contributed by atoms with van der Waals surface area (Å²) < 4.78 is 5.73. The summed E-state index contributed by atoms with van der Waals surface area (Å²) in [5.41, 5.74) is 2.59. The second-order valence-corrected chi connectivity index (χ2v) is 4.11. The highest BCUT2D eigenvalue weighted by molar-refractivity contribution is 5.77. The molecule has 0 saturated heterocycles. The SMILES string of the molecule is CNC(=O)CNCC1OCCc2ccccc21. The maximum absolute atomic E-state index is 11.1. The zero-order chi connectivity index (χ0) is 12.1. The summed E-state index contributed by atoms with van der Waals surface area (Å²) in [5, 5.41) is 5.69. The Hall–Kier alpha value is -1.39. The first kappa shape index (κ1) is 12.1. The predicted molar refractivity (Wildman–Crippen MR) is 65.8 cm³/mol. The van der Waals surface area contributed by atoms with Gasteiger partial charge < -0.3 is 15.4 Å². The molecule has 2 N–H and O–H groups in total. The quantitative estimate of drug-likeness (QED) is 0.803. The van der Waals surface area contributed by atoms with E-state index in [0.29, 0.717) is 13.1 Å². The molecule has 1 amide bonds. The molecule has 1 aromatic rings. The normalized spacial score (nSPS) is 18.5. The van der Waals surface area contributed by atoms with Crippen molar-refractivity contribution in [2.75, 3.05) is 26.7 Å². The Morgan fingerprint density at radius 1 is 1.47 bits per heavy atom. The highest BCUT2D eigenvalue weighted by Gasteiger charge is 2.19. The van der Waals surface area contributed by atoms with Crippen molar-refractivity contribution in [3.8, 4) is 0 Å². The highest BCUT2D eigenvalue weighted by atomic mass is 16.5. The molecule has 4 nitrogen and oxygen atoms in total. The molecule has 0 bridgehead atoms. The minimum absolute atomic E-state index is 0.00547. The van der Waals surface area contributed by atoms with Crippen LogP contribution in [0.5, 0.6) is 0 Å². The third kappa shape index (κ3) is 3.05. The molecule has 0 spiro atoms. The summed E-state index contributed by atoms with van der Waals surface area (Å²) in [4.78, 5) is 11.1. The first-order valence-corrected chi connectivity index (χ1v) is 5.92. The second kappa shape index (κ2) is 5.80. The summed E-state index contributed by atoms with van der Waals surface area (Å²) in [5.74, 6) is -0.00547. The van der Waals surface area contributed by atoms with Crippen LogP contribution in [0.4, 0.5) is 0 Å². The number of carbonyl (C=O) groups is 1. The lowest BCUT2D eigenvalue weighted by Crippen LogP contribution is -2.35. The highest BCUT2D eigenvalue weighted by Crippen LogP contribution is 2.25. The van der Waals surface area contributed by atoms with Crippen molar-refractivity contribution < 1.29 is 9.53 Å². The van der Waals surface area contributed by atoms with Crippen LogP contribution >= 0.6 is 0 Å². The third-order valence-electron chi connectivity index (χ3n) is 2.99. The van der Waals surface area contributed by atoms with E-state index in [-0.39, 0.29) is 12.0 Å². The largest absolute Gasteiger partial charge is 0.372 e. The van der Waals surface area contributed by atoms with Crippen molar-refractivity contribution >= 4 is 5.91 Å². The molecular weight excluding hydrogens is 216 g/mol. The Morgan fingerprint density at radius 2 is 2.29 bits per heavy atom. The average molecular weight is 234 g/mol. The molecule has 0 saturated carbocycles. The zero-order valence-electron chi connectivity index (χ0n) is 10.0. The molecule has 1 aromatic carbocycles. The number of amides is 1. The lowest BCUT2D eigenvalue weighted by atomic mass is 9.97.